The van der Waals surface area contributed by atoms with Gasteiger partial charge in [0.1, 0.15) is 5.76 Å². The molecule has 2 nitrogen and oxygen atoms in total. The van der Waals surface area contributed by atoms with E-state index >= 15 is 0 Å². The molecule has 52 valence electrons. The molecule has 0 aromatic rings. The summed E-state index contributed by atoms with van der Waals surface area (Å²) in [5.41, 5.74) is 0.327. The van der Waals surface area contributed by atoms with Crippen LogP contribution >= 0.6 is 0 Å². The SMILES string of the molecule is C=C(C#N)/C=C\C(O)=C/C. The van der Waals surface area contributed by atoms with Crippen LogP contribution in [-0.2, 0) is 0 Å². The van der Waals surface area contributed by atoms with Crippen molar-refractivity contribution >= 4 is 0 Å². The van der Waals surface area contributed by atoms with Gasteiger partial charge in [0.15, 0.2) is 0 Å². The van der Waals surface area contributed by atoms with E-state index in [0.717, 1.165) is 0 Å². The largest absolute Gasteiger partial charge is 0.508 e. The maximum absolute atomic E-state index is 8.83. The maximum atomic E-state index is 8.83. The summed E-state index contributed by atoms with van der Waals surface area (Å²) in [7, 11) is 0. The molecule has 0 aromatic carbocycles. The van der Waals surface area contributed by atoms with Crippen LogP contribution in [0.2, 0.25) is 0 Å². The van der Waals surface area contributed by atoms with E-state index in [1.54, 1.807) is 6.92 Å². The molecule has 10 heavy (non-hydrogen) atoms. The Morgan fingerprint density at radius 1 is 1.60 bits per heavy atom. The molecule has 0 saturated carbocycles. The van der Waals surface area contributed by atoms with Crippen molar-refractivity contribution in [1.29, 1.82) is 5.26 Å². The van der Waals surface area contributed by atoms with Crippen LogP contribution in [0, 0.1) is 11.3 Å². The molecule has 0 rings (SSSR count). The number of rotatable bonds is 2. The van der Waals surface area contributed by atoms with E-state index < -0.39 is 0 Å². The molecular weight excluding hydrogens is 126 g/mol. The molecule has 0 fully saturated rings. The first kappa shape index (κ1) is 8.51. The van der Waals surface area contributed by atoms with Gasteiger partial charge >= 0.3 is 0 Å². The first-order chi connectivity index (χ1) is 4.70. The zero-order valence-electron chi connectivity index (χ0n) is 5.83. The molecule has 0 aliphatic heterocycles. The Balaban J connectivity index is 4.04. The lowest BCUT2D eigenvalue weighted by molar-refractivity contribution is 0.431. The number of aliphatic hydroxyl groups excluding tert-OH is 1. The minimum absolute atomic E-state index is 0.136. The Hall–Kier alpha value is -1.49. The van der Waals surface area contributed by atoms with Gasteiger partial charge in [0, 0.05) is 5.57 Å². The van der Waals surface area contributed by atoms with Crippen molar-refractivity contribution in [3.05, 3.63) is 36.1 Å². The van der Waals surface area contributed by atoms with Crippen LogP contribution in [0.25, 0.3) is 0 Å². The van der Waals surface area contributed by atoms with Crippen LogP contribution in [0.15, 0.2) is 36.1 Å². The summed E-state index contributed by atoms with van der Waals surface area (Å²) in [4.78, 5) is 0. The summed E-state index contributed by atoms with van der Waals surface area (Å²) >= 11 is 0. The van der Waals surface area contributed by atoms with Crippen molar-refractivity contribution in [2.24, 2.45) is 0 Å². The predicted octanol–water partition coefficient (Wildman–Crippen LogP) is 2.08. The van der Waals surface area contributed by atoms with E-state index in [2.05, 4.69) is 6.58 Å². The predicted molar refractivity (Wildman–Crippen MR) is 40.3 cm³/mol. The van der Waals surface area contributed by atoms with E-state index in [-0.39, 0.29) is 5.76 Å². The zero-order valence-corrected chi connectivity index (χ0v) is 5.83. The van der Waals surface area contributed by atoms with Gasteiger partial charge in [0.2, 0.25) is 0 Å². The van der Waals surface area contributed by atoms with Crippen LogP contribution in [0.3, 0.4) is 0 Å². The Labute approximate surface area is 60.4 Å². The molecule has 2 heteroatoms. The van der Waals surface area contributed by atoms with Gasteiger partial charge in [-0.25, -0.2) is 0 Å². The second-order valence-electron chi connectivity index (χ2n) is 1.68. The molecule has 0 atom stereocenters. The van der Waals surface area contributed by atoms with Crippen LogP contribution in [-0.4, -0.2) is 5.11 Å². The van der Waals surface area contributed by atoms with Gasteiger partial charge in [0.05, 0.1) is 6.07 Å². The monoisotopic (exact) mass is 135 g/mol. The number of aliphatic hydroxyl groups is 1. The van der Waals surface area contributed by atoms with Crippen molar-refractivity contribution in [3.63, 3.8) is 0 Å². The van der Waals surface area contributed by atoms with Gasteiger partial charge < -0.3 is 5.11 Å². The highest BCUT2D eigenvalue weighted by atomic mass is 16.3. The summed E-state index contributed by atoms with van der Waals surface area (Å²) in [6.45, 7) is 5.10. The summed E-state index contributed by atoms with van der Waals surface area (Å²) < 4.78 is 0. The van der Waals surface area contributed by atoms with Gasteiger partial charge in [-0.2, -0.15) is 5.26 Å². The van der Waals surface area contributed by atoms with Crippen molar-refractivity contribution in [3.8, 4) is 6.07 Å². The average Bonchev–Trinajstić information content (AvgIpc) is 1.99. The van der Waals surface area contributed by atoms with Crippen molar-refractivity contribution in [1.82, 2.24) is 0 Å². The van der Waals surface area contributed by atoms with E-state index in [0.29, 0.717) is 5.57 Å². The highest BCUT2D eigenvalue weighted by molar-refractivity contribution is 5.32. The molecule has 0 unspecified atom stereocenters. The standard InChI is InChI=1S/C8H9NO/c1-3-8(10)5-4-7(2)6-9/h3-5,10H,2H2,1H3/b5-4-,8-3+. The van der Waals surface area contributed by atoms with E-state index in [1.807, 2.05) is 6.07 Å². The lowest BCUT2D eigenvalue weighted by Crippen LogP contribution is -1.71. The Morgan fingerprint density at radius 3 is 2.60 bits per heavy atom. The molecule has 0 amide bonds. The van der Waals surface area contributed by atoms with Crippen LogP contribution in [0.5, 0.6) is 0 Å². The fourth-order valence-electron chi connectivity index (χ4n) is 0.319. The third-order valence-electron chi connectivity index (χ3n) is 0.895. The van der Waals surface area contributed by atoms with Gasteiger partial charge in [0.25, 0.3) is 0 Å². The first-order valence-electron chi connectivity index (χ1n) is 2.83. The molecule has 0 aliphatic carbocycles. The molecule has 0 aliphatic rings. The molecule has 0 spiro atoms. The molecular formula is C8H9NO. The second-order valence-corrected chi connectivity index (χ2v) is 1.68. The van der Waals surface area contributed by atoms with Gasteiger partial charge in [-0.05, 0) is 25.2 Å². The Bertz CT molecular complexity index is 218. The average molecular weight is 135 g/mol. The third kappa shape index (κ3) is 3.50. The van der Waals surface area contributed by atoms with E-state index in [1.165, 1.54) is 18.2 Å². The first-order valence-corrected chi connectivity index (χ1v) is 2.83. The number of nitriles is 1. The smallest absolute Gasteiger partial charge is 0.111 e. The minimum atomic E-state index is 0.136. The highest BCUT2D eigenvalue weighted by Crippen LogP contribution is 1.94. The van der Waals surface area contributed by atoms with E-state index in [9.17, 15) is 0 Å². The third-order valence-corrected chi connectivity index (χ3v) is 0.895. The lowest BCUT2D eigenvalue weighted by atomic mass is 10.3. The summed E-state index contributed by atoms with van der Waals surface area (Å²) in [6.07, 6.45) is 4.40. The Kier molecular flexibility index (Phi) is 3.74. The number of hydrogen-bond acceptors (Lipinski definition) is 2. The molecule has 0 heterocycles. The van der Waals surface area contributed by atoms with Gasteiger partial charge in [-0.3, -0.25) is 0 Å². The van der Waals surface area contributed by atoms with Crippen molar-refractivity contribution in [2.45, 2.75) is 6.92 Å². The van der Waals surface area contributed by atoms with Gasteiger partial charge in [-0.15, -0.1) is 0 Å². The fourth-order valence-corrected chi connectivity index (χ4v) is 0.319. The molecule has 1 N–H and O–H groups in total. The second kappa shape index (κ2) is 4.39. The van der Waals surface area contributed by atoms with Crippen LogP contribution in [0.4, 0.5) is 0 Å². The number of allylic oxidation sites excluding steroid dienone is 4. The molecule has 0 saturated heterocycles. The van der Waals surface area contributed by atoms with Gasteiger partial charge in [-0.1, -0.05) is 6.58 Å². The number of nitrogens with zero attached hydrogens (tertiary/aromatic N) is 1. The summed E-state index contributed by atoms with van der Waals surface area (Å²) in [5, 5.41) is 17.0. The molecule has 0 aromatic heterocycles. The number of hydrogen-bond donors (Lipinski definition) is 1. The molecule has 0 radical (unpaired) electrons. The highest BCUT2D eigenvalue weighted by Gasteiger charge is 1.82. The van der Waals surface area contributed by atoms with E-state index in [4.69, 9.17) is 10.4 Å². The lowest BCUT2D eigenvalue weighted by Gasteiger charge is -1.85. The summed E-state index contributed by atoms with van der Waals surface area (Å²) in [5.74, 6) is 0.136. The Morgan fingerprint density at radius 2 is 2.20 bits per heavy atom. The fraction of sp³-hybridized carbons (Fsp3) is 0.125. The topological polar surface area (TPSA) is 44.0 Å². The zero-order chi connectivity index (χ0) is 7.98. The van der Waals surface area contributed by atoms with Crippen molar-refractivity contribution < 1.29 is 5.11 Å². The normalized spacial score (nSPS) is 11.4. The maximum Gasteiger partial charge on any atom is 0.111 e. The quantitative estimate of drug-likeness (QED) is 0.358. The minimum Gasteiger partial charge on any atom is -0.508 e. The molecule has 0 bridgehead atoms. The summed E-state index contributed by atoms with van der Waals surface area (Å²) in [6, 6.07) is 1.82. The van der Waals surface area contributed by atoms with Crippen LogP contribution in [0.1, 0.15) is 6.92 Å². The van der Waals surface area contributed by atoms with Crippen molar-refractivity contribution in [2.75, 3.05) is 0 Å². The van der Waals surface area contributed by atoms with Crippen LogP contribution < -0.4 is 0 Å².